The molecule has 0 bridgehead atoms. The van der Waals surface area contributed by atoms with Crippen LogP contribution >= 0.6 is 7.82 Å². The summed E-state index contributed by atoms with van der Waals surface area (Å²) in [7, 11) is -4.74. The maximum Gasteiger partial charge on any atom is 2.00 e. The largest absolute Gasteiger partial charge is 2.00 e. The van der Waals surface area contributed by atoms with E-state index in [9.17, 15) is 14.4 Å². The molecule has 6 heteroatoms. The molecule has 0 aliphatic heterocycles. The van der Waals surface area contributed by atoms with E-state index in [1.165, 1.54) is 44.9 Å². The van der Waals surface area contributed by atoms with Crippen molar-refractivity contribution in [3.63, 3.8) is 0 Å². The van der Waals surface area contributed by atoms with E-state index in [0.717, 1.165) is 12.8 Å². The molecule has 104 valence electrons. The minimum absolute atomic E-state index is 0. The average molecular weight is 352 g/mol. The Labute approximate surface area is 148 Å². The molecule has 0 rings (SSSR count). The molecule has 0 fully saturated rings. The Morgan fingerprint density at radius 2 is 1.22 bits per heavy atom. The van der Waals surface area contributed by atoms with E-state index in [1.807, 2.05) is 0 Å². The van der Waals surface area contributed by atoms with Gasteiger partial charge < -0.3 is 18.9 Å². The van der Waals surface area contributed by atoms with E-state index < -0.39 is 7.82 Å². The Kier molecular flexibility index (Phi) is 18.2. The third-order valence-corrected chi connectivity index (χ3v) is 3.25. The van der Waals surface area contributed by atoms with Crippen molar-refractivity contribution in [2.45, 2.75) is 71.1 Å². The molecule has 0 N–H and O–H groups in total. The molecule has 4 nitrogen and oxygen atoms in total. The fourth-order valence-electron chi connectivity index (χ4n) is 1.77. The first kappa shape index (κ1) is 21.9. The van der Waals surface area contributed by atoms with Crippen molar-refractivity contribution >= 4 is 53.3 Å². The number of hydrogen-bond acceptors (Lipinski definition) is 4. The molecule has 0 heterocycles. The number of hydrogen-bond donors (Lipinski definition) is 0. The summed E-state index contributed by atoms with van der Waals surface area (Å²) in [6.07, 6.45) is 11.7. The van der Waals surface area contributed by atoms with Crippen LogP contribution in [0.5, 0.6) is 0 Å². The Morgan fingerprint density at radius 3 is 1.61 bits per heavy atom. The Bertz CT molecular complexity index is 208. The fourth-order valence-corrected chi connectivity index (χ4v) is 2.12. The van der Waals surface area contributed by atoms with Crippen LogP contribution in [-0.2, 0) is 9.09 Å². The van der Waals surface area contributed by atoms with Crippen LogP contribution in [0.2, 0.25) is 0 Å². The topological polar surface area (TPSA) is 72.4 Å². The van der Waals surface area contributed by atoms with E-state index in [2.05, 4.69) is 11.4 Å². The summed E-state index contributed by atoms with van der Waals surface area (Å²) in [4.78, 5) is 20.3. The zero-order valence-electron chi connectivity index (χ0n) is 11.6. The first-order valence-corrected chi connectivity index (χ1v) is 8.19. The second kappa shape index (κ2) is 15.0. The maximum atomic E-state index is 10.1. The zero-order valence-corrected chi connectivity index (χ0v) is 15.9. The van der Waals surface area contributed by atoms with E-state index in [0.29, 0.717) is 6.42 Å². The van der Waals surface area contributed by atoms with Crippen molar-refractivity contribution < 1.29 is 18.9 Å². The van der Waals surface area contributed by atoms with Crippen LogP contribution in [0.3, 0.4) is 0 Å². The van der Waals surface area contributed by atoms with Crippen LogP contribution < -0.4 is 9.79 Å². The second-order valence-electron chi connectivity index (χ2n) is 4.46. The van der Waals surface area contributed by atoms with Gasteiger partial charge in [0, 0.05) is 0 Å². The molecule has 0 radical (unpaired) electrons. The SMILES string of the molecule is CCCCCCCCCCCCOP(=O)([O-])[O-].[Sr+2]. The van der Waals surface area contributed by atoms with Crippen LogP contribution in [0.15, 0.2) is 0 Å². The smallest absolute Gasteiger partial charge is 0.790 e. The molecule has 0 saturated heterocycles. The standard InChI is InChI=1S/C12H27O4P.Sr/c1-2-3-4-5-6-7-8-9-10-11-12-16-17(13,14)15;/h2-12H2,1H3,(H2,13,14,15);/q;+2/p-2. The summed E-state index contributed by atoms with van der Waals surface area (Å²) < 4.78 is 14.3. The molecule has 0 aromatic heterocycles. The van der Waals surface area contributed by atoms with Crippen molar-refractivity contribution in [2.24, 2.45) is 0 Å². The maximum absolute atomic E-state index is 10.1. The molecular weight excluding hydrogens is 327 g/mol. The van der Waals surface area contributed by atoms with Gasteiger partial charge in [0.1, 0.15) is 0 Å². The van der Waals surface area contributed by atoms with Gasteiger partial charge in [0.2, 0.25) is 0 Å². The Hall–Kier alpha value is 1.59. The summed E-state index contributed by atoms with van der Waals surface area (Å²) in [5, 5.41) is 0. The van der Waals surface area contributed by atoms with Gasteiger partial charge in [0.15, 0.2) is 0 Å². The molecule has 0 aromatic rings. The van der Waals surface area contributed by atoms with Gasteiger partial charge in [-0.3, -0.25) is 0 Å². The summed E-state index contributed by atoms with van der Waals surface area (Å²) in [5.74, 6) is 0. The Morgan fingerprint density at radius 1 is 0.833 bits per heavy atom. The van der Waals surface area contributed by atoms with E-state index in [-0.39, 0.29) is 52.1 Å². The average Bonchev–Trinajstić information content (AvgIpc) is 2.24. The van der Waals surface area contributed by atoms with Gasteiger partial charge in [0.25, 0.3) is 0 Å². The summed E-state index contributed by atoms with van der Waals surface area (Å²) in [5.41, 5.74) is 0. The van der Waals surface area contributed by atoms with Crippen molar-refractivity contribution in [3.05, 3.63) is 0 Å². The van der Waals surface area contributed by atoms with Gasteiger partial charge in [-0.25, -0.2) is 0 Å². The molecule has 0 spiro atoms. The molecule has 0 aliphatic rings. The first-order valence-electron chi connectivity index (χ1n) is 6.73. The van der Waals surface area contributed by atoms with Gasteiger partial charge >= 0.3 is 45.5 Å². The van der Waals surface area contributed by atoms with Gasteiger partial charge in [0.05, 0.1) is 14.4 Å². The molecule has 0 aliphatic carbocycles. The fraction of sp³-hybridized carbons (Fsp3) is 1.00. The number of phosphoric acid groups is 1. The predicted octanol–water partition coefficient (Wildman–Crippen LogP) is 2.37. The van der Waals surface area contributed by atoms with Gasteiger partial charge in [-0.15, -0.1) is 0 Å². The van der Waals surface area contributed by atoms with Crippen molar-refractivity contribution in [2.75, 3.05) is 6.61 Å². The van der Waals surface area contributed by atoms with Crippen LogP contribution in [0.4, 0.5) is 0 Å². The first-order chi connectivity index (χ1) is 8.06. The monoisotopic (exact) mass is 352 g/mol. The Balaban J connectivity index is 0. The molecule has 0 saturated carbocycles. The molecule has 0 aromatic carbocycles. The molecular formula is C12H25O4PSr. The number of phosphoric ester groups is 1. The predicted molar refractivity (Wildman–Crippen MR) is 71.2 cm³/mol. The molecule has 18 heavy (non-hydrogen) atoms. The summed E-state index contributed by atoms with van der Waals surface area (Å²) in [6, 6.07) is 0. The summed E-state index contributed by atoms with van der Waals surface area (Å²) >= 11 is 0. The van der Waals surface area contributed by atoms with Crippen molar-refractivity contribution in [3.8, 4) is 0 Å². The normalized spacial score (nSPS) is 11.3. The number of unbranched alkanes of at least 4 members (excludes halogenated alkanes) is 9. The van der Waals surface area contributed by atoms with E-state index >= 15 is 0 Å². The third-order valence-electron chi connectivity index (χ3n) is 2.75. The minimum Gasteiger partial charge on any atom is -0.790 e. The van der Waals surface area contributed by atoms with E-state index in [4.69, 9.17) is 0 Å². The molecule has 0 atom stereocenters. The van der Waals surface area contributed by atoms with Crippen molar-refractivity contribution in [1.82, 2.24) is 0 Å². The quantitative estimate of drug-likeness (QED) is 0.307. The van der Waals surface area contributed by atoms with Crippen LogP contribution in [-0.4, -0.2) is 52.1 Å². The van der Waals surface area contributed by atoms with E-state index in [1.54, 1.807) is 0 Å². The zero-order chi connectivity index (χ0) is 13.0. The second-order valence-corrected chi connectivity index (χ2v) is 5.62. The van der Waals surface area contributed by atoms with Crippen LogP contribution in [0.1, 0.15) is 71.1 Å². The molecule has 0 unspecified atom stereocenters. The van der Waals surface area contributed by atoms with Crippen LogP contribution in [0, 0.1) is 0 Å². The van der Waals surface area contributed by atoms with Gasteiger partial charge in [-0.1, -0.05) is 64.7 Å². The van der Waals surface area contributed by atoms with Crippen molar-refractivity contribution in [1.29, 1.82) is 0 Å². The molecule has 0 amide bonds. The van der Waals surface area contributed by atoms with Gasteiger partial charge in [-0.05, 0) is 6.42 Å². The summed E-state index contributed by atoms with van der Waals surface area (Å²) in [6.45, 7) is 2.26. The number of rotatable bonds is 12. The third kappa shape index (κ3) is 19.9. The van der Waals surface area contributed by atoms with Crippen LogP contribution in [0.25, 0.3) is 0 Å². The minimum atomic E-state index is -4.74. The van der Waals surface area contributed by atoms with Gasteiger partial charge in [-0.2, -0.15) is 0 Å².